The summed E-state index contributed by atoms with van der Waals surface area (Å²) < 4.78 is 5.35. The van der Waals surface area contributed by atoms with Gasteiger partial charge in [-0.05, 0) is 44.7 Å². The third kappa shape index (κ3) is 4.82. The van der Waals surface area contributed by atoms with Crippen LogP contribution in [0.3, 0.4) is 0 Å². The number of aryl methyl sites for hydroxylation is 1. The number of anilines is 1. The van der Waals surface area contributed by atoms with Crippen molar-refractivity contribution in [3.8, 4) is 0 Å². The van der Waals surface area contributed by atoms with Crippen molar-refractivity contribution in [1.82, 2.24) is 4.90 Å². The lowest BCUT2D eigenvalue weighted by molar-refractivity contribution is -0.150. The van der Waals surface area contributed by atoms with Crippen molar-refractivity contribution in [3.05, 3.63) is 50.9 Å². The van der Waals surface area contributed by atoms with Gasteiger partial charge >= 0.3 is 5.97 Å². The molecule has 0 bridgehead atoms. The summed E-state index contributed by atoms with van der Waals surface area (Å²) in [6, 6.07) is 7.02. The number of hydrogen-bond acceptors (Lipinski definition) is 6. The predicted octanol–water partition coefficient (Wildman–Crippen LogP) is 4.63. The highest BCUT2D eigenvalue weighted by Crippen LogP contribution is 2.42. The zero-order valence-electron chi connectivity index (χ0n) is 19.1. The second-order valence-electron chi connectivity index (χ2n) is 8.17. The molecule has 1 aromatic heterocycles. The van der Waals surface area contributed by atoms with E-state index in [1.165, 1.54) is 23.2 Å². The van der Waals surface area contributed by atoms with Gasteiger partial charge in [0.1, 0.15) is 10.5 Å². The van der Waals surface area contributed by atoms with Gasteiger partial charge in [0, 0.05) is 35.9 Å². The van der Waals surface area contributed by atoms with E-state index >= 15 is 0 Å². The fourth-order valence-corrected chi connectivity index (χ4v) is 5.65. The zero-order valence-corrected chi connectivity index (χ0v) is 20.7. The fourth-order valence-electron chi connectivity index (χ4n) is 4.26. The van der Waals surface area contributed by atoms with E-state index in [-0.39, 0.29) is 17.3 Å². The number of carbonyl (C=O) groups excluding carboxylic acids is 4. The molecule has 2 amide bonds. The first-order valence-electron chi connectivity index (χ1n) is 10.7. The number of halogens is 1. The van der Waals surface area contributed by atoms with Crippen molar-refractivity contribution >= 4 is 51.5 Å². The Bertz CT molecular complexity index is 1110. The van der Waals surface area contributed by atoms with Crippen LogP contribution in [0.25, 0.3) is 0 Å². The summed E-state index contributed by atoms with van der Waals surface area (Å²) in [4.78, 5) is 52.9. The Morgan fingerprint density at radius 3 is 2.55 bits per heavy atom. The Kier molecular flexibility index (Phi) is 7.59. The minimum absolute atomic E-state index is 0.0822. The molecule has 2 aromatic rings. The topological polar surface area (TPSA) is 92.8 Å². The number of esters is 1. The number of thiophene rings is 1. The molecule has 0 spiro atoms. The van der Waals surface area contributed by atoms with Crippen molar-refractivity contribution in [2.45, 2.75) is 52.0 Å². The van der Waals surface area contributed by atoms with E-state index < -0.39 is 24.0 Å². The smallest absolute Gasteiger partial charge is 0.341 e. The van der Waals surface area contributed by atoms with Crippen LogP contribution in [0.5, 0.6) is 0 Å². The fraction of sp³-hybridized carbons (Fsp3) is 0.417. The average Bonchev–Trinajstić information content (AvgIpc) is 3.04. The van der Waals surface area contributed by atoms with Crippen LogP contribution in [0.2, 0.25) is 5.02 Å². The van der Waals surface area contributed by atoms with Gasteiger partial charge in [0.05, 0.1) is 5.56 Å². The number of rotatable bonds is 6. The second kappa shape index (κ2) is 10.1. The molecule has 1 saturated carbocycles. The Balaban J connectivity index is 1.84. The molecule has 0 radical (unpaired) electrons. The van der Waals surface area contributed by atoms with Crippen LogP contribution >= 0.6 is 22.9 Å². The number of ketones is 1. The van der Waals surface area contributed by atoms with E-state index in [9.17, 15) is 19.2 Å². The number of hydrogen-bond donors (Lipinski definition) is 1. The van der Waals surface area contributed by atoms with Crippen LogP contribution in [0, 0.1) is 13.8 Å². The van der Waals surface area contributed by atoms with Gasteiger partial charge in [-0.25, -0.2) is 4.79 Å². The zero-order chi connectivity index (χ0) is 24.3. The molecule has 1 fully saturated rings. The molecule has 7 nitrogen and oxygen atoms in total. The molecule has 0 saturated heterocycles. The summed E-state index contributed by atoms with van der Waals surface area (Å²) in [6.45, 7) is 4.41. The van der Waals surface area contributed by atoms with Gasteiger partial charge in [0.25, 0.3) is 5.91 Å². The molecule has 3 rings (SSSR count). The van der Waals surface area contributed by atoms with Crippen LogP contribution in [0.4, 0.5) is 5.00 Å². The molecule has 1 aromatic carbocycles. The SMILES string of the molecule is CC(=O)Nc1sc(C)c(C)c1C(=O)OCC(=O)N(C)C1(c2ccccc2Cl)CCCCC1=O. The number of carbonyl (C=O) groups is 4. The summed E-state index contributed by atoms with van der Waals surface area (Å²) in [5, 5.41) is 3.44. The summed E-state index contributed by atoms with van der Waals surface area (Å²) in [6.07, 6.45) is 2.31. The number of nitrogens with one attached hydrogen (secondary N) is 1. The third-order valence-corrected chi connectivity index (χ3v) is 7.58. The van der Waals surface area contributed by atoms with Gasteiger partial charge in [-0.3, -0.25) is 14.4 Å². The summed E-state index contributed by atoms with van der Waals surface area (Å²) in [5.74, 6) is -1.60. The average molecular weight is 491 g/mol. The maximum Gasteiger partial charge on any atom is 0.341 e. The molecule has 1 heterocycles. The molecule has 1 aliphatic rings. The lowest BCUT2D eigenvalue weighted by Gasteiger charge is -2.43. The van der Waals surface area contributed by atoms with Crippen molar-refractivity contribution in [2.75, 3.05) is 19.0 Å². The Morgan fingerprint density at radius 2 is 1.91 bits per heavy atom. The number of Topliss-reactive ketones (excluding diaryl/α,β-unsaturated/α-hetero) is 1. The first-order chi connectivity index (χ1) is 15.6. The van der Waals surface area contributed by atoms with Crippen molar-refractivity contribution in [2.24, 2.45) is 0 Å². The van der Waals surface area contributed by atoms with E-state index in [4.69, 9.17) is 16.3 Å². The summed E-state index contributed by atoms with van der Waals surface area (Å²) >= 11 is 7.71. The van der Waals surface area contributed by atoms with Gasteiger partial charge in [-0.2, -0.15) is 0 Å². The van der Waals surface area contributed by atoms with Crippen molar-refractivity contribution < 1.29 is 23.9 Å². The number of amides is 2. The van der Waals surface area contributed by atoms with Crippen LogP contribution in [0.1, 0.15) is 59.0 Å². The monoisotopic (exact) mass is 490 g/mol. The largest absolute Gasteiger partial charge is 0.452 e. The predicted molar refractivity (Wildman–Crippen MR) is 128 cm³/mol. The van der Waals surface area contributed by atoms with Crippen LogP contribution in [0.15, 0.2) is 24.3 Å². The highest BCUT2D eigenvalue weighted by atomic mass is 35.5. The lowest BCUT2D eigenvalue weighted by Crippen LogP contribution is -2.55. The molecule has 1 atom stereocenters. The highest BCUT2D eigenvalue weighted by molar-refractivity contribution is 7.16. The number of ether oxygens (including phenoxy) is 1. The minimum atomic E-state index is -1.20. The molecule has 1 N–H and O–H groups in total. The van der Waals surface area contributed by atoms with Crippen LogP contribution in [-0.2, 0) is 24.7 Å². The molecule has 176 valence electrons. The van der Waals surface area contributed by atoms with Crippen LogP contribution in [-0.4, -0.2) is 42.1 Å². The minimum Gasteiger partial charge on any atom is -0.452 e. The lowest BCUT2D eigenvalue weighted by atomic mass is 9.74. The molecule has 1 aliphatic carbocycles. The quantitative estimate of drug-likeness (QED) is 0.596. The number of nitrogens with zero attached hydrogens (tertiary/aromatic N) is 1. The van der Waals surface area contributed by atoms with E-state index in [2.05, 4.69) is 5.32 Å². The van der Waals surface area contributed by atoms with Crippen LogP contribution < -0.4 is 5.32 Å². The summed E-state index contributed by atoms with van der Waals surface area (Å²) in [7, 11) is 1.55. The Labute approximate surface area is 202 Å². The Hall–Kier alpha value is -2.71. The van der Waals surface area contributed by atoms with Gasteiger partial charge in [-0.15, -0.1) is 11.3 Å². The molecular formula is C24H27ClN2O5S. The molecular weight excluding hydrogens is 464 g/mol. The first-order valence-corrected chi connectivity index (χ1v) is 11.9. The van der Waals surface area contributed by atoms with E-state index in [1.54, 1.807) is 38.2 Å². The third-order valence-electron chi connectivity index (χ3n) is 6.13. The highest BCUT2D eigenvalue weighted by Gasteiger charge is 2.48. The van der Waals surface area contributed by atoms with E-state index in [1.807, 2.05) is 6.92 Å². The molecule has 9 heteroatoms. The normalized spacial score (nSPS) is 18.0. The first kappa shape index (κ1) is 24.9. The Morgan fingerprint density at radius 1 is 1.21 bits per heavy atom. The maximum atomic E-state index is 13.2. The number of likely N-dealkylation sites (N-methyl/N-ethyl adjacent to an activating group) is 1. The number of benzene rings is 1. The molecule has 33 heavy (non-hydrogen) atoms. The van der Waals surface area contributed by atoms with Gasteiger partial charge in [-0.1, -0.05) is 29.8 Å². The van der Waals surface area contributed by atoms with Crippen molar-refractivity contribution in [1.29, 1.82) is 0 Å². The van der Waals surface area contributed by atoms with Crippen molar-refractivity contribution in [3.63, 3.8) is 0 Å². The standard InChI is InChI=1S/C24H27ClN2O5S/c1-14-15(2)33-22(26-16(3)28)21(14)23(31)32-13-20(30)27(4)24(12-8-7-11-19(24)29)17-9-5-6-10-18(17)25/h5-6,9-10H,7-8,11-13H2,1-4H3,(H,26,28). The summed E-state index contributed by atoms with van der Waals surface area (Å²) in [5.41, 5.74) is 0.300. The van der Waals surface area contributed by atoms with Gasteiger partial charge in [0.2, 0.25) is 5.91 Å². The van der Waals surface area contributed by atoms with Gasteiger partial charge in [0.15, 0.2) is 12.4 Å². The maximum absolute atomic E-state index is 13.2. The van der Waals surface area contributed by atoms with E-state index in [0.717, 1.165) is 17.7 Å². The second-order valence-corrected chi connectivity index (χ2v) is 9.80. The van der Waals surface area contributed by atoms with E-state index in [0.29, 0.717) is 34.0 Å². The molecule has 1 unspecified atom stereocenters. The molecule has 0 aliphatic heterocycles. The van der Waals surface area contributed by atoms with Gasteiger partial charge < -0.3 is 15.0 Å².